The molecule has 5 rings (SSSR count). The normalized spacial score (nSPS) is 14.9. The van der Waals surface area contributed by atoms with Gasteiger partial charge in [0, 0.05) is 25.7 Å². The molecule has 0 bridgehead atoms. The molecule has 0 amide bonds. The Morgan fingerprint density at radius 2 is 1.35 bits per heavy atom. The maximum atomic E-state index is 13.6. The molecule has 0 saturated carbocycles. The van der Waals surface area contributed by atoms with Crippen molar-refractivity contribution in [1.29, 1.82) is 0 Å². The fourth-order valence-corrected chi connectivity index (χ4v) is 5.80. The summed E-state index contributed by atoms with van der Waals surface area (Å²) in [5.41, 5.74) is 4.64. The number of fused-ring (bicyclic) bond motifs is 1. The number of piperidine rings is 1. The van der Waals surface area contributed by atoms with Crippen molar-refractivity contribution >= 4 is 11.0 Å². The zero-order valence-electron chi connectivity index (χ0n) is 21.7. The Labute approximate surface area is 219 Å². The smallest absolute Gasteiger partial charge is 0.303 e. The molecule has 1 fully saturated rings. The summed E-state index contributed by atoms with van der Waals surface area (Å²) in [6, 6.07) is 26.0. The first-order valence-electron chi connectivity index (χ1n) is 13.9. The third-order valence-electron chi connectivity index (χ3n) is 7.81. The van der Waals surface area contributed by atoms with E-state index in [4.69, 9.17) is 0 Å². The van der Waals surface area contributed by atoms with Crippen molar-refractivity contribution in [3.05, 3.63) is 106 Å². The monoisotopic (exact) mass is 499 g/mol. The number of imidazole rings is 1. The average Bonchev–Trinajstić information content (AvgIpc) is 3.21. The number of para-hydroxylation sites is 2. The molecule has 0 spiro atoms. The molecule has 4 nitrogen and oxygen atoms in total. The van der Waals surface area contributed by atoms with Gasteiger partial charge in [0.25, 0.3) is 0 Å². The lowest BCUT2D eigenvalue weighted by Gasteiger charge is -2.32. The van der Waals surface area contributed by atoms with Gasteiger partial charge in [0.1, 0.15) is 5.82 Å². The van der Waals surface area contributed by atoms with Crippen LogP contribution in [0, 0.1) is 5.82 Å². The van der Waals surface area contributed by atoms with Crippen molar-refractivity contribution in [1.82, 2.24) is 14.0 Å². The minimum absolute atomic E-state index is 0.119. The Balaban J connectivity index is 1.16. The molecule has 1 aliphatic rings. The summed E-state index contributed by atoms with van der Waals surface area (Å²) in [5, 5.41) is 0. The van der Waals surface area contributed by atoms with E-state index in [1.807, 2.05) is 22.8 Å². The van der Waals surface area contributed by atoms with E-state index in [-0.39, 0.29) is 17.5 Å². The van der Waals surface area contributed by atoms with Gasteiger partial charge in [-0.1, -0.05) is 54.6 Å². The lowest BCUT2D eigenvalue weighted by molar-refractivity contribution is 0.183. The zero-order chi connectivity index (χ0) is 25.5. The first-order valence-corrected chi connectivity index (χ1v) is 13.9. The standard InChI is InChI=1S/C32H38FN3O/c33-28-16-10-15-27(25-28)14-7-9-22-35-30-17-4-5-18-31(30)36(32(35)37)29-19-23-34(24-20-29)21-8-6-13-26-11-2-1-3-12-26/h1-5,10-12,15-18,25,29H,6-9,13-14,19-24H2. The van der Waals surface area contributed by atoms with Crippen LogP contribution in [0.4, 0.5) is 4.39 Å². The molecule has 0 N–H and O–H groups in total. The number of aryl methyl sites for hydroxylation is 3. The molecule has 0 aliphatic carbocycles. The van der Waals surface area contributed by atoms with Crippen LogP contribution in [-0.4, -0.2) is 33.7 Å². The minimum Gasteiger partial charge on any atom is -0.303 e. The highest BCUT2D eigenvalue weighted by Gasteiger charge is 2.24. The van der Waals surface area contributed by atoms with Crippen molar-refractivity contribution < 1.29 is 4.39 Å². The molecular formula is C32H38FN3O. The van der Waals surface area contributed by atoms with Crippen molar-refractivity contribution in [3.63, 3.8) is 0 Å². The van der Waals surface area contributed by atoms with E-state index >= 15 is 0 Å². The molecule has 5 heteroatoms. The fraction of sp³-hybridized carbons (Fsp3) is 0.406. The quantitative estimate of drug-likeness (QED) is 0.217. The summed E-state index contributed by atoms with van der Waals surface area (Å²) in [5.74, 6) is -0.185. The van der Waals surface area contributed by atoms with E-state index in [1.165, 1.54) is 24.5 Å². The number of unbranched alkanes of at least 4 members (excludes halogenated alkanes) is 2. The topological polar surface area (TPSA) is 30.2 Å². The van der Waals surface area contributed by atoms with E-state index < -0.39 is 0 Å². The van der Waals surface area contributed by atoms with E-state index in [0.29, 0.717) is 6.54 Å². The van der Waals surface area contributed by atoms with E-state index in [9.17, 15) is 9.18 Å². The predicted molar refractivity (Wildman–Crippen MR) is 150 cm³/mol. The van der Waals surface area contributed by atoms with Crippen LogP contribution in [-0.2, 0) is 19.4 Å². The fourth-order valence-electron chi connectivity index (χ4n) is 5.80. The van der Waals surface area contributed by atoms with Gasteiger partial charge in [-0.3, -0.25) is 9.13 Å². The molecular weight excluding hydrogens is 461 g/mol. The maximum Gasteiger partial charge on any atom is 0.329 e. The number of likely N-dealkylation sites (tertiary alicyclic amines) is 1. The van der Waals surface area contributed by atoms with Crippen LogP contribution in [0.25, 0.3) is 11.0 Å². The molecule has 37 heavy (non-hydrogen) atoms. The van der Waals surface area contributed by atoms with Crippen molar-refractivity contribution in [3.8, 4) is 0 Å². The third kappa shape index (κ3) is 6.40. The summed E-state index contributed by atoms with van der Waals surface area (Å²) in [6.45, 7) is 3.94. The lowest BCUT2D eigenvalue weighted by atomic mass is 10.0. The molecule has 1 aromatic heterocycles. The second kappa shape index (κ2) is 12.4. The Kier molecular flexibility index (Phi) is 8.52. The van der Waals surface area contributed by atoms with Crippen LogP contribution in [0.3, 0.4) is 0 Å². The molecule has 194 valence electrons. The van der Waals surface area contributed by atoms with Crippen molar-refractivity contribution in [2.75, 3.05) is 19.6 Å². The number of hydrogen-bond donors (Lipinski definition) is 0. The Morgan fingerprint density at radius 1 is 0.703 bits per heavy atom. The van der Waals surface area contributed by atoms with Gasteiger partial charge in [-0.25, -0.2) is 9.18 Å². The number of nitrogens with zero attached hydrogens (tertiary/aromatic N) is 3. The Bertz CT molecular complexity index is 1340. The first-order chi connectivity index (χ1) is 18.2. The zero-order valence-corrected chi connectivity index (χ0v) is 21.7. The molecule has 4 aromatic rings. The first kappa shape index (κ1) is 25.5. The SMILES string of the molecule is O=c1n(CCCCc2cccc(F)c2)c2ccccc2n1C1CCN(CCCCc2ccccc2)CC1. The van der Waals surface area contributed by atoms with Crippen LogP contribution in [0.2, 0.25) is 0 Å². The highest BCUT2D eigenvalue weighted by molar-refractivity contribution is 5.76. The molecule has 1 saturated heterocycles. The van der Waals surface area contributed by atoms with Gasteiger partial charge >= 0.3 is 5.69 Å². The molecule has 2 heterocycles. The third-order valence-corrected chi connectivity index (χ3v) is 7.81. The number of aromatic nitrogens is 2. The van der Waals surface area contributed by atoms with Gasteiger partial charge < -0.3 is 4.90 Å². The van der Waals surface area contributed by atoms with Gasteiger partial charge in [0.05, 0.1) is 11.0 Å². The largest absolute Gasteiger partial charge is 0.329 e. The predicted octanol–water partition coefficient (Wildman–Crippen LogP) is 6.62. The van der Waals surface area contributed by atoms with Crippen LogP contribution in [0.1, 0.15) is 55.7 Å². The van der Waals surface area contributed by atoms with Gasteiger partial charge in [-0.15, -0.1) is 0 Å². The summed E-state index contributed by atoms with van der Waals surface area (Å²) < 4.78 is 17.5. The highest BCUT2D eigenvalue weighted by Crippen LogP contribution is 2.26. The van der Waals surface area contributed by atoms with E-state index in [0.717, 1.165) is 74.8 Å². The maximum absolute atomic E-state index is 13.6. The van der Waals surface area contributed by atoms with E-state index in [2.05, 4.69) is 51.9 Å². The van der Waals surface area contributed by atoms with Crippen molar-refractivity contribution in [2.24, 2.45) is 0 Å². The Morgan fingerprint density at radius 3 is 2.11 bits per heavy atom. The lowest BCUT2D eigenvalue weighted by Crippen LogP contribution is -2.38. The van der Waals surface area contributed by atoms with Crippen LogP contribution in [0.5, 0.6) is 0 Å². The van der Waals surface area contributed by atoms with Gasteiger partial charge in [0.2, 0.25) is 0 Å². The van der Waals surface area contributed by atoms with Crippen LogP contribution >= 0.6 is 0 Å². The number of benzene rings is 3. The van der Waals surface area contributed by atoms with Gasteiger partial charge in [0.15, 0.2) is 0 Å². The summed E-state index contributed by atoms with van der Waals surface area (Å²) in [7, 11) is 0. The summed E-state index contributed by atoms with van der Waals surface area (Å²) in [4.78, 5) is 16.2. The Hall–Kier alpha value is -3.18. The molecule has 0 unspecified atom stereocenters. The molecule has 0 atom stereocenters. The summed E-state index contributed by atoms with van der Waals surface area (Å²) in [6.07, 6.45) is 8.27. The molecule has 0 radical (unpaired) electrons. The second-order valence-corrected chi connectivity index (χ2v) is 10.4. The highest BCUT2D eigenvalue weighted by atomic mass is 19.1. The number of rotatable bonds is 11. The van der Waals surface area contributed by atoms with Crippen molar-refractivity contribution in [2.45, 2.75) is 64.0 Å². The van der Waals surface area contributed by atoms with Crippen LogP contribution in [0.15, 0.2) is 83.7 Å². The number of halogens is 1. The minimum atomic E-state index is -0.185. The van der Waals surface area contributed by atoms with Gasteiger partial charge in [-0.05, 0) is 93.3 Å². The molecule has 1 aliphatic heterocycles. The summed E-state index contributed by atoms with van der Waals surface area (Å²) >= 11 is 0. The van der Waals surface area contributed by atoms with E-state index in [1.54, 1.807) is 12.1 Å². The van der Waals surface area contributed by atoms with Gasteiger partial charge in [-0.2, -0.15) is 0 Å². The molecule has 3 aromatic carbocycles. The second-order valence-electron chi connectivity index (χ2n) is 10.4. The number of hydrogen-bond acceptors (Lipinski definition) is 2. The average molecular weight is 500 g/mol. The van der Waals surface area contributed by atoms with Crippen LogP contribution < -0.4 is 5.69 Å².